The molecule has 0 amide bonds. The third kappa shape index (κ3) is 3.54. The number of nitrogens with zero attached hydrogens (tertiary/aromatic N) is 4. The second kappa shape index (κ2) is 6.88. The number of aromatic nitrogens is 4. The first kappa shape index (κ1) is 16.1. The minimum atomic E-state index is 0.663. The Bertz CT molecular complexity index is 830. The van der Waals surface area contributed by atoms with Crippen molar-refractivity contribution in [1.82, 2.24) is 24.6 Å². The van der Waals surface area contributed by atoms with Gasteiger partial charge >= 0.3 is 0 Å². The van der Waals surface area contributed by atoms with Gasteiger partial charge in [-0.2, -0.15) is 5.10 Å². The second-order valence-electron chi connectivity index (χ2n) is 7.08. The SMILES string of the molecule is Cc1ccc(-c2[nH]ncc2CN2CCCC(Cc3nccn3C)C2)o1. The van der Waals surface area contributed by atoms with Crippen LogP contribution < -0.4 is 0 Å². The number of rotatable bonds is 5. The summed E-state index contributed by atoms with van der Waals surface area (Å²) in [5.41, 5.74) is 2.20. The maximum absolute atomic E-state index is 5.76. The van der Waals surface area contributed by atoms with Crippen molar-refractivity contribution in [1.29, 1.82) is 0 Å². The van der Waals surface area contributed by atoms with Gasteiger partial charge in [-0.05, 0) is 44.4 Å². The van der Waals surface area contributed by atoms with Crippen molar-refractivity contribution in [2.45, 2.75) is 32.7 Å². The lowest BCUT2D eigenvalue weighted by molar-refractivity contribution is 0.165. The van der Waals surface area contributed by atoms with Gasteiger partial charge in [-0.1, -0.05) is 0 Å². The highest BCUT2D eigenvalue weighted by Crippen LogP contribution is 2.27. The van der Waals surface area contributed by atoms with E-state index in [1.54, 1.807) is 0 Å². The van der Waals surface area contributed by atoms with E-state index < -0.39 is 0 Å². The summed E-state index contributed by atoms with van der Waals surface area (Å²) in [5.74, 6) is 3.63. The van der Waals surface area contributed by atoms with Crippen molar-refractivity contribution in [3.63, 3.8) is 0 Å². The van der Waals surface area contributed by atoms with Crippen LogP contribution in [-0.4, -0.2) is 37.7 Å². The van der Waals surface area contributed by atoms with Crippen molar-refractivity contribution in [2.24, 2.45) is 13.0 Å². The van der Waals surface area contributed by atoms with E-state index in [-0.39, 0.29) is 0 Å². The molecular weight excluding hydrogens is 314 g/mol. The maximum Gasteiger partial charge on any atom is 0.152 e. The molecule has 3 aromatic rings. The summed E-state index contributed by atoms with van der Waals surface area (Å²) in [4.78, 5) is 7.01. The fourth-order valence-electron chi connectivity index (χ4n) is 3.77. The largest absolute Gasteiger partial charge is 0.460 e. The number of likely N-dealkylation sites (tertiary alicyclic amines) is 1. The van der Waals surface area contributed by atoms with Gasteiger partial charge in [0.05, 0.1) is 6.20 Å². The molecule has 1 unspecified atom stereocenters. The maximum atomic E-state index is 5.76. The van der Waals surface area contributed by atoms with Gasteiger partial charge in [0.1, 0.15) is 17.3 Å². The third-order valence-electron chi connectivity index (χ3n) is 5.09. The van der Waals surface area contributed by atoms with Crippen LogP contribution in [0, 0.1) is 12.8 Å². The number of nitrogens with one attached hydrogen (secondary N) is 1. The molecule has 132 valence electrons. The van der Waals surface area contributed by atoms with Crippen LogP contribution in [0.3, 0.4) is 0 Å². The van der Waals surface area contributed by atoms with Crippen LogP contribution in [0.2, 0.25) is 0 Å². The van der Waals surface area contributed by atoms with Crippen LogP contribution in [0.15, 0.2) is 35.1 Å². The summed E-state index contributed by atoms with van der Waals surface area (Å²) < 4.78 is 7.89. The smallest absolute Gasteiger partial charge is 0.152 e. The summed E-state index contributed by atoms with van der Waals surface area (Å²) >= 11 is 0. The van der Waals surface area contributed by atoms with E-state index >= 15 is 0 Å². The monoisotopic (exact) mass is 339 g/mol. The van der Waals surface area contributed by atoms with E-state index in [1.807, 2.05) is 37.6 Å². The summed E-state index contributed by atoms with van der Waals surface area (Å²) in [6.45, 7) is 5.11. The molecule has 6 heteroatoms. The van der Waals surface area contributed by atoms with E-state index in [0.29, 0.717) is 5.92 Å². The topological polar surface area (TPSA) is 62.9 Å². The molecule has 1 aliphatic rings. The molecule has 1 N–H and O–H groups in total. The molecule has 0 aliphatic carbocycles. The Morgan fingerprint density at radius 1 is 1.36 bits per heavy atom. The summed E-state index contributed by atoms with van der Waals surface area (Å²) in [5, 5.41) is 7.34. The Hall–Kier alpha value is -2.34. The molecule has 3 aromatic heterocycles. The zero-order valence-electron chi connectivity index (χ0n) is 14.9. The number of imidazole rings is 1. The molecule has 0 bridgehead atoms. The van der Waals surface area contributed by atoms with Gasteiger partial charge in [-0.25, -0.2) is 4.98 Å². The number of hydrogen-bond donors (Lipinski definition) is 1. The number of H-pyrrole nitrogens is 1. The van der Waals surface area contributed by atoms with Crippen molar-refractivity contribution in [3.05, 3.63) is 47.9 Å². The van der Waals surface area contributed by atoms with Gasteiger partial charge in [-0.15, -0.1) is 0 Å². The zero-order valence-corrected chi connectivity index (χ0v) is 14.9. The molecule has 1 atom stereocenters. The lowest BCUT2D eigenvalue weighted by atomic mass is 9.94. The lowest BCUT2D eigenvalue weighted by Gasteiger charge is -2.32. The van der Waals surface area contributed by atoms with Crippen LogP contribution in [0.4, 0.5) is 0 Å². The molecule has 4 heterocycles. The first-order valence-electron chi connectivity index (χ1n) is 8.96. The molecule has 4 rings (SSSR count). The van der Waals surface area contributed by atoms with Crippen LogP contribution in [0.5, 0.6) is 0 Å². The summed E-state index contributed by atoms with van der Waals surface area (Å²) in [6.07, 6.45) is 9.41. The summed E-state index contributed by atoms with van der Waals surface area (Å²) in [7, 11) is 2.08. The van der Waals surface area contributed by atoms with E-state index in [1.165, 1.54) is 24.2 Å². The first-order chi connectivity index (χ1) is 12.2. The van der Waals surface area contributed by atoms with Gasteiger partial charge < -0.3 is 8.98 Å². The van der Waals surface area contributed by atoms with Crippen molar-refractivity contribution in [2.75, 3.05) is 13.1 Å². The van der Waals surface area contributed by atoms with Crippen LogP contribution in [0.1, 0.15) is 30.0 Å². The molecular formula is C19H25N5O. The molecule has 1 aliphatic heterocycles. The summed E-state index contributed by atoms with van der Waals surface area (Å²) in [6, 6.07) is 4.00. The lowest BCUT2D eigenvalue weighted by Crippen LogP contribution is -2.36. The van der Waals surface area contributed by atoms with Gasteiger partial charge in [0, 0.05) is 44.5 Å². The highest BCUT2D eigenvalue weighted by Gasteiger charge is 2.23. The Morgan fingerprint density at radius 2 is 2.28 bits per heavy atom. The van der Waals surface area contributed by atoms with E-state index in [0.717, 1.165) is 43.3 Å². The molecule has 1 saturated heterocycles. The average molecular weight is 339 g/mol. The van der Waals surface area contributed by atoms with E-state index in [4.69, 9.17) is 4.42 Å². The standard InChI is InChI=1S/C19H25N5O/c1-14-5-6-17(25-14)19-16(11-21-22-19)13-24-8-3-4-15(12-24)10-18-20-7-9-23(18)2/h5-7,9,11,15H,3-4,8,10,12-13H2,1-2H3,(H,21,22). The van der Waals surface area contributed by atoms with Crippen LogP contribution in [0.25, 0.3) is 11.5 Å². The Balaban J connectivity index is 1.43. The Labute approximate surface area is 147 Å². The Morgan fingerprint density at radius 3 is 3.04 bits per heavy atom. The molecule has 0 saturated carbocycles. The molecule has 1 fully saturated rings. The van der Waals surface area contributed by atoms with Crippen molar-refractivity contribution in [3.8, 4) is 11.5 Å². The zero-order chi connectivity index (χ0) is 17.2. The van der Waals surface area contributed by atoms with Crippen molar-refractivity contribution >= 4 is 0 Å². The fraction of sp³-hybridized carbons (Fsp3) is 0.474. The highest BCUT2D eigenvalue weighted by atomic mass is 16.3. The quantitative estimate of drug-likeness (QED) is 0.775. The minimum absolute atomic E-state index is 0.663. The molecule has 6 nitrogen and oxygen atoms in total. The molecule has 25 heavy (non-hydrogen) atoms. The number of aromatic amines is 1. The van der Waals surface area contributed by atoms with Crippen molar-refractivity contribution < 1.29 is 4.42 Å². The predicted octanol–water partition coefficient (Wildman–Crippen LogP) is 3.17. The highest BCUT2D eigenvalue weighted by molar-refractivity contribution is 5.56. The van der Waals surface area contributed by atoms with Gasteiger partial charge in [0.2, 0.25) is 0 Å². The molecule has 0 aromatic carbocycles. The van der Waals surface area contributed by atoms with E-state index in [9.17, 15) is 0 Å². The number of piperidine rings is 1. The minimum Gasteiger partial charge on any atom is -0.460 e. The molecule has 0 radical (unpaired) electrons. The van der Waals surface area contributed by atoms with Gasteiger partial charge in [0.25, 0.3) is 0 Å². The third-order valence-corrected chi connectivity index (χ3v) is 5.09. The van der Waals surface area contributed by atoms with E-state index in [2.05, 4.69) is 31.7 Å². The second-order valence-corrected chi connectivity index (χ2v) is 7.08. The van der Waals surface area contributed by atoms with Gasteiger partial charge in [0.15, 0.2) is 5.76 Å². The Kier molecular flexibility index (Phi) is 4.44. The number of hydrogen-bond acceptors (Lipinski definition) is 4. The normalized spacial score (nSPS) is 18.7. The van der Waals surface area contributed by atoms with Crippen LogP contribution in [-0.2, 0) is 20.0 Å². The average Bonchev–Trinajstić information content (AvgIpc) is 3.31. The number of aryl methyl sites for hydroxylation is 2. The fourth-order valence-corrected chi connectivity index (χ4v) is 3.77. The first-order valence-corrected chi connectivity index (χ1v) is 8.96. The molecule has 0 spiro atoms. The predicted molar refractivity (Wildman–Crippen MR) is 95.9 cm³/mol. The number of furan rings is 1. The van der Waals surface area contributed by atoms with Gasteiger partial charge in [-0.3, -0.25) is 10.00 Å². The van der Waals surface area contributed by atoms with Crippen LogP contribution >= 0.6 is 0 Å².